The van der Waals surface area contributed by atoms with Gasteiger partial charge in [0, 0.05) is 47.6 Å². The molecule has 0 N–H and O–H groups in total. The molecular formula is C45H27N3OS. The molecule has 10 aromatic rings. The highest BCUT2D eigenvalue weighted by Gasteiger charge is 2.18. The van der Waals surface area contributed by atoms with Crippen molar-refractivity contribution in [2.24, 2.45) is 0 Å². The van der Waals surface area contributed by atoms with E-state index in [9.17, 15) is 0 Å². The van der Waals surface area contributed by atoms with E-state index in [1.807, 2.05) is 36.4 Å². The Kier molecular flexibility index (Phi) is 6.64. The average molecular weight is 658 g/mol. The number of rotatable bonds is 5. The molecular weight excluding hydrogens is 631 g/mol. The van der Waals surface area contributed by atoms with E-state index in [2.05, 4.69) is 127 Å². The fourth-order valence-corrected chi connectivity index (χ4v) is 8.08. The minimum absolute atomic E-state index is 0.620. The minimum atomic E-state index is 0.620. The molecule has 7 aromatic carbocycles. The molecule has 0 aliphatic heterocycles. The molecule has 0 aliphatic rings. The van der Waals surface area contributed by atoms with Crippen LogP contribution in [0.15, 0.2) is 168 Å². The second-order valence-corrected chi connectivity index (χ2v) is 13.5. The van der Waals surface area contributed by atoms with Crippen molar-refractivity contribution < 1.29 is 4.42 Å². The summed E-state index contributed by atoms with van der Waals surface area (Å²) in [6, 6.07) is 56.9. The zero-order valence-corrected chi connectivity index (χ0v) is 27.6. The van der Waals surface area contributed by atoms with Crippen LogP contribution in [0.1, 0.15) is 0 Å². The van der Waals surface area contributed by atoms with Crippen molar-refractivity contribution in [1.29, 1.82) is 0 Å². The van der Waals surface area contributed by atoms with Gasteiger partial charge in [-0.15, -0.1) is 11.3 Å². The maximum Gasteiger partial charge on any atom is 0.165 e. The zero-order chi connectivity index (χ0) is 33.0. The van der Waals surface area contributed by atoms with Crippen molar-refractivity contribution in [3.63, 3.8) is 0 Å². The number of aromatic nitrogens is 3. The molecule has 0 saturated carbocycles. The average Bonchev–Trinajstić information content (AvgIpc) is 3.76. The van der Waals surface area contributed by atoms with E-state index in [4.69, 9.17) is 19.4 Å². The van der Waals surface area contributed by atoms with Gasteiger partial charge in [-0.1, -0.05) is 121 Å². The van der Waals surface area contributed by atoms with Crippen LogP contribution in [-0.2, 0) is 0 Å². The summed E-state index contributed by atoms with van der Waals surface area (Å²) in [4.78, 5) is 15.4. The molecule has 4 nitrogen and oxygen atoms in total. The molecule has 0 fully saturated rings. The highest BCUT2D eigenvalue weighted by Crippen LogP contribution is 2.40. The molecule has 10 rings (SSSR count). The second-order valence-electron chi connectivity index (χ2n) is 12.4. The summed E-state index contributed by atoms with van der Waals surface area (Å²) < 4.78 is 8.55. The van der Waals surface area contributed by atoms with Crippen molar-refractivity contribution in [3.8, 4) is 56.4 Å². The smallest absolute Gasteiger partial charge is 0.165 e. The lowest BCUT2D eigenvalue weighted by Gasteiger charge is -2.10. The molecule has 3 aromatic heterocycles. The van der Waals surface area contributed by atoms with Crippen LogP contribution < -0.4 is 0 Å². The maximum atomic E-state index is 6.13. The number of benzene rings is 7. The van der Waals surface area contributed by atoms with Gasteiger partial charge < -0.3 is 4.42 Å². The Balaban J connectivity index is 1.12. The van der Waals surface area contributed by atoms with Crippen LogP contribution >= 0.6 is 11.3 Å². The number of hydrogen-bond acceptors (Lipinski definition) is 5. The molecule has 0 saturated heterocycles. The summed E-state index contributed by atoms with van der Waals surface area (Å²) in [5.74, 6) is 1.90. The number of hydrogen-bond donors (Lipinski definition) is 0. The first-order valence-electron chi connectivity index (χ1n) is 16.6. The van der Waals surface area contributed by atoms with Crippen molar-refractivity contribution in [2.75, 3.05) is 0 Å². The quantitative estimate of drug-likeness (QED) is 0.185. The predicted molar refractivity (Wildman–Crippen MR) is 207 cm³/mol. The first-order valence-corrected chi connectivity index (χ1v) is 17.4. The predicted octanol–water partition coefficient (Wildman–Crippen LogP) is 12.5. The second kappa shape index (κ2) is 11.6. The van der Waals surface area contributed by atoms with Crippen molar-refractivity contribution >= 4 is 53.4 Å². The van der Waals surface area contributed by atoms with E-state index in [0.29, 0.717) is 17.5 Å². The van der Waals surface area contributed by atoms with Gasteiger partial charge >= 0.3 is 0 Å². The monoisotopic (exact) mass is 657 g/mol. The lowest BCUT2D eigenvalue weighted by atomic mass is 9.98. The van der Waals surface area contributed by atoms with Crippen LogP contribution in [0.4, 0.5) is 0 Å². The Morgan fingerprint density at radius 1 is 0.360 bits per heavy atom. The Labute approximate surface area is 292 Å². The van der Waals surface area contributed by atoms with Gasteiger partial charge in [-0.05, 0) is 64.7 Å². The van der Waals surface area contributed by atoms with E-state index < -0.39 is 0 Å². The van der Waals surface area contributed by atoms with Gasteiger partial charge in [0.2, 0.25) is 0 Å². The first-order chi connectivity index (χ1) is 24.7. The lowest BCUT2D eigenvalue weighted by Crippen LogP contribution is -2.00. The number of para-hydroxylation sites is 1. The van der Waals surface area contributed by atoms with Crippen LogP contribution in [0.3, 0.4) is 0 Å². The Bertz CT molecular complexity index is 2870. The van der Waals surface area contributed by atoms with E-state index in [-0.39, 0.29) is 0 Å². The van der Waals surface area contributed by atoms with Crippen molar-refractivity contribution in [2.45, 2.75) is 0 Å². The topological polar surface area (TPSA) is 51.8 Å². The molecule has 234 valence electrons. The molecule has 0 atom stereocenters. The third kappa shape index (κ3) is 4.87. The van der Waals surface area contributed by atoms with Crippen LogP contribution in [-0.4, -0.2) is 15.0 Å². The maximum absolute atomic E-state index is 6.13. The lowest BCUT2D eigenvalue weighted by molar-refractivity contribution is 0.669. The van der Waals surface area contributed by atoms with E-state index in [1.165, 1.54) is 31.3 Å². The van der Waals surface area contributed by atoms with Gasteiger partial charge in [-0.25, -0.2) is 15.0 Å². The molecule has 0 radical (unpaired) electrons. The van der Waals surface area contributed by atoms with Gasteiger partial charge in [0.05, 0.1) is 0 Å². The highest BCUT2D eigenvalue weighted by molar-refractivity contribution is 7.26. The van der Waals surface area contributed by atoms with Gasteiger partial charge in [-0.2, -0.15) is 0 Å². The number of fused-ring (bicyclic) bond motifs is 6. The third-order valence-electron chi connectivity index (χ3n) is 9.36. The summed E-state index contributed by atoms with van der Waals surface area (Å²) in [6.07, 6.45) is 0. The summed E-state index contributed by atoms with van der Waals surface area (Å²) in [5, 5.41) is 4.56. The number of furan rings is 1. The van der Waals surface area contributed by atoms with E-state index in [1.54, 1.807) is 11.3 Å². The minimum Gasteiger partial charge on any atom is -0.456 e. The van der Waals surface area contributed by atoms with Crippen molar-refractivity contribution in [3.05, 3.63) is 164 Å². The molecule has 3 heterocycles. The zero-order valence-electron chi connectivity index (χ0n) is 26.7. The van der Waals surface area contributed by atoms with Gasteiger partial charge in [0.25, 0.3) is 0 Å². The van der Waals surface area contributed by atoms with Gasteiger partial charge in [0.15, 0.2) is 17.5 Å². The summed E-state index contributed by atoms with van der Waals surface area (Å²) in [5.41, 5.74) is 9.22. The summed E-state index contributed by atoms with van der Waals surface area (Å²) in [7, 11) is 0. The molecule has 0 unspecified atom stereocenters. The Hall–Kier alpha value is -6.43. The molecule has 0 spiro atoms. The highest BCUT2D eigenvalue weighted by atomic mass is 32.1. The normalized spacial score (nSPS) is 11.6. The first kappa shape index (κ1) is 28.6. The summed E-state index contributed by atoms with van der Waals surface area (Å²) >= 11 is 1.78. The van der Waals surface area contributed by atoms with Crippen LogP contribution in [0, 0.1) is 0 Å². The van der Waals surface area contributed by atoms with Crippen LogP contribution in [0.25, 0.3) is 98.5 Å². The molecule has 50 heavy (non-hydrogen) atoms. The Morgan fingerprint density at radius 2 is 0.940 bits per heavy atom. The van der Waals surface area contributed by atoms with Gasteiger partial charge in [-0.3, -0.25) is 0 Å². The largest absolute Gasteiger partial charge is 0.456 e. The van der Waals surface area contributed by atoms with E-state index in [0.717, 1.165) is 49.8 Å². The summed E-state index contributed by atoms with van der Waals surface area (Å²) in [6.45, 7) is 0. The molecule has 0 bridgehead atoms. The molecule has 0 amide bonds. The van der Waals surface area contributed by atoms with Crippen LogP contribution in [0.2, 0.25) is 0 Å². The van der Waals surface area contributed by atoms with E-state index >= 15 is 0 Å². The molecule has 5 heteroatoms. The van der Waals surface area contributed by atoms with Gasteiger partial charge in [0.1, 0.15) is 11.2 Å². The van der Waals surface area contributed by atoms with Crippen molar-refractivity contribution in [1.82, 2.24) is 15.0 Å². The fourth-order valence-electron chi connectivity index (χ4n) is 6.86. The SMILES string of the molecule is c1ccc(-c2cccc(-c3ccc(-c4nc(-c5ccc6oc7ccccc7c6c5)nc(-c5cccc6c5sc5ccccc56)n4)cc3)c2)cc1. The standard InChI is InChI=1S/C45H27N3OS/c1-2-10-28(11-3-1)31-12-8-13-32(26-31)29-20-22-30(23-21-29)43-46-44(33-24-25-40-38(27-33)34-14-4-6-18-39(34)49-40)48-45(47-43)37-17-9-16-36-35-15-5-7-19-41(35)50-42(36)37/h1-27H. The third-order valence-corrected chi connectivity index (χ3v) is 10.6. The number of thiophene rings is 1. The Morgan fingerprint density at radius 3 is 1.78 bits per heavy atom. The molecule has 0 aliphatic carbocycles. The number of nitrogens with zero attached hydrogens (tertiary/aromatic N) is 3. The van der Waals surface area contributed by atoms with Crippen LogP contribution in [0.5, 0.6) is 0 Å². The fraction of sp³-hybridized carbons (Fsp3) is 0.